The van der Waals surface area contributed by atoms with Crippen molar-refractivity contribution in [3.05, 3.63) is 77.1 Å². The molecule has 2 N–H and O–H groups in total. The minimum absolute atomic E-state index is 0.0635. The largest absolute Gasteiger partial charge is 0.416 e. The number of hydrogen-bond donors (Lipinski definition) is 2. The first-order valence-electron chi connectivity index (χ1n) is 7.64. The van der Waals surface area contributed by atoms with Gasteiger partial charge in [0.2, 0.25) is 5.95 Å². The summed E-state index contributed by atoms with van der Waals surface area (Å²) in [5.74, 6) is -0.378. The molecule has 0 aliphatic rings. The average Bonchev–Trinajstić information content (AvgIpc) is 2.62. The van der Waals surface area contributed by atoms with E-state index in [0.29, 0.717) is 10.7 Å². The van der Waals surface area contributed by atoms with Crippen molar-refractivity contribution in [3.8, 4) is 0 Å². The molecule has 2 aromatic carbocycles. The van der Waals surface area contributed by atoms with Crippen molar-refractivity contribution in [3.63, 3.8) is 0 Å². The molecule has 0 saturated heterocycles. The SMILES string of the molecule is O=C(Nc1cccc(Cl)c1)c1cnc(Nc2cccc(C(F)(F)F)c2)nc1. The summed E-state index contributed by atoms with van der Waals surface area (Å²) in [6, 6.07) is 11.3. The lowest BCUT2D eigenvalue weighted by atomic mass is 10.2. The second kappa shape index (κ2) is 7.63. The number of halogens is 4. The van der Waals surface area contributed by atoms with Gasteiger partial charge in [-0.15, -0.1) is 0 Å². The topological polar surface area (TPSA) is 66.9 Å². The number of alkyl halides is 3. The standard InChI is InChI=1S/C18H12ClF3N4O/c19-13-4-2-6-15(8-13)25-16(27)11-9-23-17(24-10-11)26-14-5-1-3-12(7-14)18(20,21)22/h1-10H,(H,25,27)(H,23,24,26). The fourth-order valence-corrected chi connectivity index (χ4v) is 2.37. The molecule has 3 aromatic rings. The summed E-state index contributed by atoms with van der Waals surface area (Å²) in [4.78, 5) is 20.1. The lowest BCUT2D eigenvalue weighted by Gasteiger charge is -2.10. The number of hydrogen-bond acceptors (Lipinski definition) is 4. The predicted molar refractivity (Wildman–Crippen MR) is 96.2 cm³/mol. The second-order valence-corrected chi connectivity index (χ2v) is 5.90. The van der Waals surface area contributed by atoms with E-state index in [2.05, 4.69) is 20.6 Å². The van der Waals surface area contributed by atoms with E-state index in [1.54, 1.807) is 24.3 Å². The van der Waals surface area contributed by atoms with Crippen molar-refractivity contribution in [1.82, 2.24) is 9.97 Å². The second-order valence-electron chi connectivity index (χ2n) is 5.46. The number of nitrogens with zero attached hydrogens (tertiary/aromatic N) is 2. The van der Waals surface area contributed by atoms with Crippen LogP contribution < -0.4 is 10.6 Å². The normalized spacial score (nSPS) is 11.1. The van der Waals surface area contributed by atoms with Crippen molar-refractivity contribution in [2.45, 2.75) is 6.18 Å². The van der Waals surface area contributed by atoms with Crippen LogP contribution in [0.3, 0.4) is 0 Å². The van der Waals surface area contributed by atoms with Crippen LogP contribution in [0.15, 0.2) is 60.9 Å². The number of rotatable bonds is 4. The molecule has 0 aliphatic carbocycles. The third kappa shape index (κ3) is 4.95. The Morgan fingerprint density at radius 1 is 0.963 bits per heavy atom. The van der Waals surface area contributed by atoms with Gasteiger partial charge in [-0.05, 0) is 36.4 Å². The molecule has 0 spiro atoms. The van der Waals surface area contributed by atoms with Crippen LogP contribution in [-0.2, 0) is 6.18 Å². The van der Waals surface area contributed by atoms with E-state index < -0.39 is 17.6 Å². The number of aromatic nitrogens is 2. The van der Waals surface area contributed by atoms with Gasteiger partial charge in [-0.1, -0.05) is 23.7 Å². The van der Waals surface area contributed by atoms with Gasteiger partial charge >= 0.3 is 6.18 Å². The molecule has 0 radical (unpaired) electrons. The van der Waals surface area contributed by atoms with Crippen molar-refractivity contribution in [1.29, 1.82) is 0 Å². The number of anilines is 3. The number of carbonyl (C=O) groups excluding carboxylic acids is 1. The van der Waals surface area contributed by atoms with Crippen molar-refractivity contribution >= 4 is 34.8 Å². The molecule has 0 fully saturated rings. The number of amides is 1. The van der Waals surface area contributed by atoms with Crippen LogP contribution in [0.25, 0.3) is 0 Å². The Hall–Kier alpha value is -3.13. The van der Waals surface area contributed by atoms with Crippen molar-refractivity contribution in [2.75, 3.05) is 10.6 Å². The molecule has 1 heterocycles. The Labute approximate surface area is 157 Å². The number of carbonyl (C=O) groups is 1. The third-order valence-electron chi connectivity index (χ3n) is 3.44. The zero-order valence-electron chi connectivity index (χ0n) is 13.6. The molecular formula is C18H12ClF3N4O. The highest BCUT2D eigenvalue weighted by molar-refractivity contribution is 6.30. The molecule has 0 saturated carbocycles. The lowest BCUT2D eigenvalue weighted by molar-refractivity contribution is -0.137. The van der Waals surface area contributed by atoms with E-state index in [0.717, 1.165) is 12.1 Å². The van der Waals surface area contributed by atoms with Crippen molar-refractivity contribution < 1.29 is 18.0 Å². The quantitative estimate of drug-likeness (QED) is 0.644. The van der Waals surface area contributed by atoms with Crippen LogP contribution in [0.5, 0.6) is 0 Å². The molecule has 3 rings (SSSR count). The summed E-state index contributed by atoms with van der Waals surface area (Å²) in [7, 11) is 0. The Balaban J connectivity index is 1.69. The van der Waals surface area contributed by atoms with Gasteiger partial charge in [0, 0.05) is 28.8 Å². The highest BCUT2D eigenvalue weighted by atomic mass is 35.5. The summed E-state index contributed by atoms with van der Waals surface area (Å²) in [5.41, 5.74) is 0.0919. The maximum atomic E-state index is 12.7. The zero-order chi connectivity index (χ0) is 19.4. The number of nitrogens with one attached hydrogen (secondary N) is 2. The van der Waals surface area contributed by atoms with E-state index in [4.69, 9.17) is 11.6 Å². The van der Waals surface area contributed by atoms with Gasteiger partial charge in [-0.2, -0.15) is 13.2 Å². The van der Waals surface area contributed by atoms with Crippen LogP contribution >= 0.6 is 11.6 Å². The Morgan fingerprint density at radius 3 is 2.30 bits per heavy atom. The highest BCUT2D eigenvalue weighted by Crippen LogP contribution is 2.31. The Bertz CT molecular complexity index is 961. The van der Waals surface area contributed by atoms with Crippen LogP contribution in [-0.4, -0.2) is 15.9 Å². The molecule has 9 heteroatoms. The minimum Gasteiger partial charge on any atom is -0.324 e. The van der Waals surface area contributed by atoms with Gasteiger partial charge in [0.1, 0.15) is 0 Å². The summed E-state index contributed by atoms with van der Waals surface area (Å²) >= 11 is 5.86. The average molecular weight is 393 g/mol. The van der Waals surface area contributed by atoms with Crippen molar-refractivity contribution in [2.24, 2.45) is 0 Å². The minimum atomic E-state index is -4.44. The zero-order valence-corrected chi connectivity index (χ0v) is 14.3. The smallest absolute Gasteiger partial charge is 0.324 e. The van der Waals surface area contributed by atoms with Gasteiger partial charge in [0.05, 0.1) is 11.1 Å². The lowest BCUT2D eigenvalue weighted by Crippen LogP contribution is -2.13. The molecule has 0 aliphatic heterocycles. The highest BCUT2D eigenvalue weighted by Gasteiger charge is 2.30. The van der Waals surface area contributed by atoms with Gasteiger partial charge in [0.25, 0.3) is 5.91 Å². The fourth-order valence-electron chi connectivity index (χ4n) is 2.18. The molecule has 0 unspecified atom stereocenters. The molecule has 27 heavy (non-hydrogen) atoms. The molecule has 138 valence electrons. The monoisotopic (exact) mass is 392 g/mol. The first-order valence-corrected chi connectivity index (χ1v) is 8.02. The van der Waals surface area contributed by atoms with Crippen LogP contribution in [0.1, 0.15) is 15.9 Å². The summed E-state index contributed by atoms with van der Waals surface area (Å²) in [6.45, 7) is 0. The molecule has 1 aromatic heterocycles. The first-order chi connectivity index (χ1) is 12.8. The summed E-state index contributed by atoms with van der Waals surface area (Å²) in [5, 5.41) is 5.79. The Morgan fingerprint density at radius 2 is 1.63 bits per heavy atom. The van der Waals surface area contributed by atoms with E-state index in [-0.39, 0.29) is 17.2 Å². The predicted octanol–water partition coefficient (Wildman–Crippen LogP) is 5.14. The summed E-state index contributed by atoms with van der Waals surface area (Å²) in [6.07, 6.45) is -1.91. The molecule has 1 amide bonds. The van der Waals surface area contributed by atoms with Crippen LogP contribution in [0.4, 0.5) is 30.5 Å². The maximum absolute atomic E-state index is 12.7. The van der Waals surface area contributed by atoms with Gasteiger partial charge in [-0.3, -0.25) is 4.79 Å². The van der Waals surface area contributed by atoms with E-state index >= 15 is 0 Å². The van der Waals surface area contributed by atoms with Gasteiger partial charge < -0.3 is 10.6 Å². The third-order valence-corrected chi connectivity index (χ3v) is 3.68. The van der Waals surface area contributed by atoms with E-state index in [9.17, 15) is 18.0 Å². The molecular weight excluding hydrogens is 381 g/mol. The van der Waals surface area contributed by atoms with Crippen LogP contribution in [0.2, 0.25) is 5.02 Å². The molecule has 0 bridgehead atoms. The number of benzene rings is 2. The molecule has 5 nitrogen and oxygen atoms in total. The molecule has 0 atom stereocenters. The Kier molecular flexibility index (Phi) is 5.27. The summed E-state index contributed by atoms with van der Waals surface area (Å²) < 4.78 is 38.2. The van der Waals surface area contributed by atoms with Gasteiger partial charge in [0.15, 0.2) is 0 Å². The van der Waals surface area contributed by atoms with Gasteiger partial charge in [-0.25, -0.2) is 9.97 Å². The fraction of sp³-hybridized carbons (Fsp3) is 0.0556. The maximum Gasteiger partial charge on any atom is 0.416 e. The van der Waals surface area contributed by atoms with Crippen LogP contribution in [0, 0.1) is 0 Å². The van der Waals surface area contributed by atoms with E-state index in [1.165, 1.54) is 24.5 Å². The first kappa shape index (κ1) is 18.7. The van der Waals surface area contributed by atoms with E-state index in [1.807, 2.05) is 0 Å².